The molecule has 9 heteroatoms. The molecule has 2 rings (SSSR count). The van der Waals surface area contributed by atoms with Gasteiger partial charge in [0.25, 0.3) is 5.91 Å². The summed E-state index contributed by atoms with van der Waals surface area (Å²) >= 11 is 1.13. The molecule has 0 aliphatic carbocycles. The van der Waals surface area contributed by atoms with Gasteiger partial charge in [0, 0.05) is 18.6 Å². The molecule has 26 heavy (non-hydrogen) atoms. The molecule has 1 aromatic carbocycles. The maximum Gasteiger partial charge on any atom is 0.407 e. The van der Waals surface area contributed by atoms with E-state index in [4.69, 9.17) is 0 Å². The molecule has 0 unspecified atom stereocenters. The van der Waals surface area contributed by atoms with E-state index in [-0.39, 0.29) is 18.8 Å². The molecule has 1 heterocycles. The molecular weight excluding hydrogens is 364 g/mol. The van der Waals surface area contributed by atoms with Gasteiger partial charge in [0.2, 0.25) is 0 Å². The van der Waals surface area contributed by atoms with Crippen LogP contribution in [0.25, 0.3) is 10.4 Å². The third-order valence-corrected chi connectivity index (χ3v) is 4.50. The van der Waals surface area contributed by atoms with Gasteiger partial charge >= 0.3 is 6.09 Å². The summed E-state index contributed by atoms with van der Waals surface area (Å²) < 4.78 is 26.5. The van der Waals surface area contributed by atoms with Crippen molar-refractivity contribution >= 4 is 23.3 Å². The van der Waals surface area contributed by atoms with Gasteiger partial charge in [0.05, 0.1) is 10.4 Å². The Hall–Kier alpha value is -2.55. The van der Waals surface area contributed by atoms with Crippen molar-refractivity contribution in [1.82, 2.24) is 15.2 Å². The van der Waals surface area contributed by atoms with Crippen molar-refractivity contribution in [3.8, 4) is 10.4 Å². The minimum absolute atomic E-state index is 0.0821. The van der Waals surface area contributed by atoms with Gasteiger partial charge in [-0.25, -0.2) is 18.6 Å². The first-order valence-electron chi connectivity index (χ1n) is 7.79. The zero-order valence-electron chi connectivity index (χ0n) is 14.5. The Kier molecular flexibility index (Phi) is 5.91. The van der Waals surface area contributed by atoms with Crippen molar-refractivity contribution in [3.05, 3.63) is 41.0 Å². The zero-order chi connectivity index (χ0) is 19.5. The predicted molar refractivity (Wildman–Crippen MR) is 94.3 cm³/mol. The first-order chi connectivity index (χ1) is 12.1. The van der Waals surface area contributed by atoms with Crippen molar-refractivity contribution < 1.29 is 23.5 Å². The molecule has 2 N–H and O–H groups in total. The second-order valence-electron chi connectivity index (χ2n) is 6.52. The lowest BCUT2D eigenvalue weighted by Gasteiger charge is -2.33. The third kappa shape index (κ3) is 4.54. The van der Waals surface area contributed by atoms with E-state index in [1.165, 1.54) is 16.5 Å². The number of benzene rings is 1. The molecule has 0 fully saturated rings. The largest absolute Gasteiger partial charge is 0.465 e. The summed E-state index contributed by atoms with van der Waals surface area (Å²) in [5.74, 6) is -2.49. The Morgan fingerprint density at radius 1 is 1.27 bits per heavy atom. The highest BCUT2D eigenvalue weighted by molar-refractivity contribution is 7.13. The van der Waals surface area contributed by atoms with Crippen LogP contribution >= 0.6 is 11.3 Å². The predicted octanol–water partition coefficient (Wildman–Crippen LogP) is 3.60. The summed E-state index contributed by atoms with van der Waals surface area (Å²) in [6.45, 7) is 5.46. The van der Waals surface area contributed by atoms with Crippen LogP contribution in [0.4, 0.5) is 13.6 Å². The monoisotopic (exact) mass is 383 g/mol. The molecule has 0 atom stereocenters. The number of hydrogen-bond acceptors (Lipinski definition) is 4. The Morgan fingerprint density at radius 2 is 1.96 bits per heavy atom. The highest BCUT2D eigenvalue weighted by Gasteiger charge is 2.26. The van der Waals surface area contributed by atoms with Gasteiger partial charge in [-0.1, -0.05) is 6.07 Å². The lowest BCUT2D eigenvalue weighted by atomic mass is 10.1. The number of aromatic nitrogens is 1. The van der Waals surface area contributed by atoms with Crippen molar-refractivity contribution in [3.63, 3.8) is 0 Å². The number of carboxylic acid groups (broad SMARTS) is 1. The zero-order valence-corrected chi connectivity index (χ0v) is 15.4. The number of carbonyl (C=O) groups excluding carboxylic acids is 1. The molecule has 2 aromatic rings. The average molecular weight is 383 g/mol. The van der Waals surface area contributed by atoms with Crippen LogP contribution in [-0.4, -0.2) is 45.6 Å². The van der Waals surface area contributed by atoms with Crippen molar-refractivity contribution in [2.45, 2.75) is 26.3 Å². The van der Waals surface area contributed by atoms with Gasteiger partial charge in [-0.2, -0.15) is 0 Å². The van der Waals surface area contributed by atoms with E-state index in [0.717, 1.165) is 23.5 Å². The SMILES string of the molecule is CC(C)(C)N(CCNC(=O)c1ncsc1-c1ccc(F)c(F)c1)C(=O)O. The minimum atomic E-state index is -1.08. The topological polar surface area (TPSA) is 82.5 Å². The van der Waals surface area contributed by atoms with Gasteiger partial charge in [0.1, 0.15) is 5.69 Å². The summed E-state index contributed by atoms with van der Waals surface area (Å²) in [6.07, 6.45) is -1.08. The molecule has 0 spiro atoms. The third-order valence-electron chi connectivity index (χ3n) is 3.63. The number of nitrogens with one attached hydrogen (secondary N) is 1. The maximum absolute atomic E-state index is 13.4. The highest BCUT2D eigenvalue weighted by atomic mass is 32.1. The smallest absolute Gasteiger partial charge is 0.407 e. The number of thiazole rings is 1. The lowest BCUT2D eigenvalue weighted by molar-refractivity contribution is 0.0889. The van der Waals surface area contributed by atoms with E-state index in [9.17, 15) is 23.5 Å². The average Bonchev–Trinajstić information content (AvgIpc) is 3.02. The van der Waals surface area contributed by atoms with Crippen LogP contribution in [0.2, 0.25) is 0 Å². The first-order valence-corrected chi connectivity index (χ1v) is 8.67. The van der Waals surface area contributed by atoms with E-state index in [1.807, 2.05) is 0 Å². The number of halogens is 2. The summed E-state index contributed by atoms with van der Waals surface area (Å²) in [7, 11) is 0. The molecule has 1 aromatic heterocycles. The standard InChI is InChI=1S/C17H19F2N3O3S/c1-17(2,3)22(16(24)25)7-6-20-15(23)13-14(26-9-21-13)10-4-5-11(18)12(19)8-10/h4-5,8-9H,6-7H2,1-3H3,(H,20,23)(H,24,25). The fourth-order valence-electron chi connectivity index (χ4n) is 2.33. The number of amides is 2. The number of hydrogen-bond donors (Lipinski definition) is 2. The van der Waals surface area contributed by atoms with Crippen molar-refractivity contribution in [1.29, 1.82) is 0 Å². The maximum atomic E-state index is 13.4. The normalized spacial score (nSPS) is 11.3. The quantitative estimate of drug-likeness (QED) is 0.827. The minimum Gasteiger partial charge on any atom is -0.465 e. The van der Waals surface area contributed by atoms with Crippen LogP contribution in [-0.2, 0) is 0 Å². The molecule has 6 nitrogen and oxygen atoms in total. The van der Waals surface area contributed by atoms with Crippen LogP contribution < -0.4 is 5.32 Å². The summed E-state index contributed by atoms with van der Waals surface area (Å²) in [5, 5.41) is 11.8. The van der Waals surface area contributed by atoms with E-state index >= 15 is 0 Å². The van der Waals surface area contributed by atoms with Gasteiger partial charge in [-0.3, -0.25) is 4.79 Å². The van der Waals surface area contributed by atoms with Crippen LogP contribution in [0.5, 0.6) is 0 Å². The fourth-order valence-corrected chi connectivity index (χ4v) is 3.12. The Balaban J connectivity index is 2.08. The first kappa shape index (κ1) is 19.8. The van der Waals surface area contributed by atoms with E-state index < -0.39 is 29.2 Å². The van der Waals surface area contributed by atoms with Gasteiger partial charge < -0.3 is 15.3 Å². The molecule has 0 radical (unpaired) electrons. The fraction of sp³-hybridized carbons (Fsp3) is 0.353. The van der Waals surface area contributed by atoms with E-state index in [1.54, 1.807) is 20.8 Å². The van der Waals surface area contributed by atoms with Gasteiger partial charge in [0.15, 0.2) is 11.6 Å². The van der Waals surface area contributed by atoms with Crippen LogP contribution in [0.1, 0.15) is 31.3 Å². The Labute approximate surface area is 153 Å². The number of rotatable bonds is 5. The number of nitrogens with zero attached hydrogens (tertiary/aromatic N) is 2. The molecular formula is C17H19F2N3O3S. The Bertz CT molecular complexity index is 818. The molecule has 0 aliphatic heterocycles. The molecule has 140 valence electrons. The van der Waals surface area contributed by atoms with Crippen LogP contribution in [0, 0.1) is 11.6 Å². The second-order valence-corrected chi connectivity index (χ2v) is 7.37. The second kappa shape index (κ2) is 7.77. The van der Waals surface area contributed by atoms with E-state index in [2.05, 4.69) is 10.3 Å². The molecule has 2 amide bonds. The molecule has 0 saturated carbocycles. The van der Waals surface area contributed by atoms with Crippen LogP contribution in [0.15, 0.2) is 23.7 Å². The molecule has 0 bridgehead atoms. The molecule has 0 aliphatic rings. The lowest BCUT2D eigenvalue weighted by Crippen LogP contribution is -2.48. The van der Waals surface area contributed by atoms with Crippen molar-refractivity contribution in [2.24, 2.45) is 0 Å². The van der Waals surface area contributed by atoms with Crippen molar-refractivity contribution in [2.75, 3.05) is 13.1 Å². The summed E-state index contributed by atoms with van der Waals surface area (Å²) in [5.41, 5.74) is 1.26. The van der Waals surface area contributed by atoms with Crippen LogP contribution in [0.3, 0.4) is 0 Å². The summed E-state index contributed by atoms with van der Waals surface area (Å²) in [6, 6.07) is 3.36. The summed E-state index contributed by atoms with van der Waals surface area (Å²) in [4.78, 5) is 29.2. The number of carbonyl (C=O) groups is 2. The Morgan fingerprint density at radius 3 is 2.54 bits per heavy atom. The van der Waals surface area contributed by atoms with Gasteiger partial charge in [-0.05, 0) is 38.5 Å². The highest BCUT2D eigenvalue weighted by Crippen LogP contribution is 2.28. The van der Waals surface area contributed by atoms with E-state index in [0.29, 0.717) is 10.4 Å². The van der Waals surface area contributed by atoms with Gasteiger partial charge in [-0.15, -0.1) is 11.3 Å². The molecule has 0 saturated heterocycles.